The average Bonchev–Trinajstić information content (AvgIpc) is 2.14. The van der Waals surface area contributed by atoms with Crippen LogP contribution in [0.3, 0.4) is 0 Å². The molecule has 14 heavy (non-hydrogen) atoms. The molecule has 0 saturated carbocycles. The Morgan fingerprint density at radius 3 is 2.07 bits per heavy atom. The molecule has 3 nitrogen and oxygen atoms in total. The van der Waals surface area contributed by atoms with Gasteiger partial charge in [-0.15, -0.1) is 0 Å². The summed E-state index contributed by atoms with van der Waals surface area (Å²) in [5.41, 5.74) is 1.65. The second-order valence-electron chi connectivity index (χ2n) is 2.69. The van der Waals surface area contributed by atoms with E-state index in [2.05, 4.69) is 6.58 Å². The first-order valence-corrected chi connectivity index (χ1v) is 5.40. The number of benzene rings is 1. The fraction of sp³-hybridized carbons (Fsp3) is 0. The summed E-state index contributed by atoms with van der Waals surface area (Å²) in [6, 6.07) is 7.07. The number of rotatable bonds is 3. The van der Waals surface area contributed by atoms with Crippen molar-refractivity contribution in [2.75, 3.05) is 0 Å². The van der Waals surface area contributed by atoms with E-state index in [1.807, 2.05) is 0 Å². The minimum Gasteiger partial charge on any atom is -0.282 e. The largest absolute Gasteiger partial charge is 0.287 e. The molecule has 4 heteroatoms. The van der Waals surface area contributed by atoms with Gasteiger partial charge in [0.05, 0.1) is 5.41 Å². The van der Waals surface area contributed by atoms with Gasteiger partial charge in [-0.25, -0.2) is 0 Å². The first-order chi connectivity index (χ1) is 6.51. The van der Waals surface area contributed by atoms with Crippen LogP contribution in [0.25, 0.3) is 12.2 Å². The summed E-state index contributed by atoms with van der Waals surface area (Å²) in [4.78, 5) is 0. The topological polar surface area (TPSA) is 54.4 Å². The lowest BCUT2D eigenvalue weighted by Gasteiger charge is -1.94. The molecule has 0 saturated heterocycles. The van der Waals surface area contributed by atoms with Gasteiger partial charge in [-0.05, 0) is 17.2 Å². The van der Waals surface area contributed by atoms with E-state index in [9.17, 15) is 8.42 Å². The molecular formula is C10H10O3S. The van der Waals surface area contributed by atoms with Crippen LogP contribution in [0.15, 0.2) is 36.3 Å². The molecule has 0 unspecified atom stereocenters. The third kappa shape index (κ3) is 3.55. The molecule has 0 aromatic heterocycles. The summed E-state index contributed by atoms with van der Waals surface area (Å²) < 4.78 is 29.2. The fourth-order valence-electron chi connectivity index (χ4n) is 0.908. The maximum absolute atomic E-state index is 10.4. The molecule has 0 aliphatic heterocycles. The maximum Gasteiger partial charge on any atom is 0.287 e. The molecule has 0 heterocycles. The Morgan fingerprint density at radius 1 is 1.14 bits per heavy atom. The van der Waals surface area contributed by atoms with E-state index in [-0.39, 0.29) is 0 Å². The van der Waals surface area contributed by atoms with E-state index in [4.69, 9.17) is 4.55 Å². The molecule has 0 bridgehead atoms. The lowest BCUT2D eigenvalue weighted by Crippen LogP contribution is -1.88. The minimum absolute atomic E-state index is 0.702. The molecule has 1 N–H and O–H groups in total. The molecule has 0 aliphatic carbocycles. The van der Waals surface area contributed by atoms with E-state index in [0.717, 1.165) is 11.0 Å². The van der Waals surface area contributed by atoms with E-state index in [1.165, 1.54) is 6.08 Å². The summed E-state index contributed by atoms with van der Waals surface area (Å²) >= 11 is 0. The Balaban J connectivity index is 2.89. The van der Waals surface area contributed by atoms with Gasteiger partial charge in [0.25, 0.3) is 10.1 Å². The maximum atomic E-state index is 10.4. The summed E-state index contributed by atoms with van der Waals surface area (Å²) in [5.74, 6) is 0. The van der Waals surface area contributed by atoms with Crippen molar-refractivity contribution < 1.29 is 13.0 Å². The van der Waals surface area contributed by atoms with Gasteiger partial charge < -0.3 is 0 Å². The van der Waals surface area contributed by atoms with Crippen LogP contribution in [0.1, 0.15) is 11.1 Å². The van der Waals surface area contributed by atoms with Gasteiger partial charge in [0.2, 0.25) is 0 Å². The monoisotopic (exact) mass is 210 g/mol. The molecule has 0 amide bonds. The van der Waals surface area contributed by atoms with Gasteiger partial charge in [-0.2, -0.15) is 8.42 Å². The van der Waals surface area contributed by atoms with E-state index >= 15 is 0 Å². The van der Waals surface area contributed by atoms with Crippen molar-refractivity contribution in [3.05, 3.63) is 47.4 Å². The van der Waals surface area contributed by atoms with Gasteiger partial charge in [0.15, 0.2) is 0 Å². The normalized spacial score (nSPS) is 11.8. The summed E-state index contributed by atoms with van der Waals surface area (Å²) in [6.07, 6.45) is 3.01. The van der Waals surface area contributed by atoms with Crippen molar-refractivity contribution in [2.24, 2.45) is 0 Å². The first-order valence-electron chi connectivity index (χ1n) is 3.89. The van der Waals surface area contributed by atoms with Crippen molar-refractivity contribution >= 4 is 22.3 Å². The summed E-state index contributed by atoms with van der Waals surface area (Å²) in [7, 11) is -4.04. The molecule has 1 aromatic carbocycles. The smallest absolute Gasteiger partial charge is 0.282 e. The third-order valence-electron chi connectivity index (χ3n) is 1.60. The van der Waals surface area contributed by atoms with Crippen LogP contribution in [0.2, 0.25) is 0 Å². The van der Waals surface area contributed by atoms with Crippen molar-refractivity contribution in [3.63, 3.8) is 0 Å². The van der Waals surface area contributed by atoms with Crippen LogP contribution >= 0.6 is 0 Å². The Kier molecular flexibility index (Phi) is 3.22. The Morgan fingerprint density at radius 2 is 1.64 bits per heavy atom. The lowest BCUT2D eigenvalue weighted by molar-refractivity contribution is 0.494. The van der Waals surface area contributed by atoms with Crippen molar-refractivity contribution in [1.82, 2.24) is 0 Å². The van der Waals surface area contributed by atoms with Gasteiger partial charge in [-0.1, -0.05) is 36.9 Å². The zero-order valence-corrected chi connectivity index (χ0v) is 8.24. The standard InChI is InChI=1S/C10H10O3S/c1-2-9-3-5-10(6-4-9)7-8-14(11,12)13/h2-8H,1H2,(H,11,12,13). The van der Waals surface area contributed by atoms with Gasteiger partial charge in [0, 0.05) is 0 Å². The molecular weight excluding hydrogens is 200 g/mol. The molecule has 0 fully saturated rings. The van der Waals surface area contributed by atoms with E-state index in [0.29, 0.717) is 5.56 Å². The highest BCUT2D eigenvalue weighted by Gasteiger charge is 1.95. The quantitative estimate of drug-likeness (QED) is 0.778. The van der Waals surface area contributed by atoms with Crippen molar-refractivity contribution in [3.8, 4) is 0 Å². The molecule has 0 spiro atoms. The number of hydrogen-bond acceptors (Lipinski definition) is 2. The molecule has 0 atom stereocenters. The van der Waals surface area contributed by atoms with Gasteiger partial charge in [-0.3, -0.25) is 4.55 Å². The predicted molar refractivity (Wildman–Crippen MR) is 57.1 cm³/mol. The van der Waals surface area contributed by atoms with Crippen LogP contribution in [-0.4, -0.2) is 13.0 Å². The molecule has 1 rings (SSSR count). The van der Waals surface area contributed by atoms with E-state index < -0.39 is 10.1 Å². The zero-order valence-electron chi connectivity index (χ0n) is 7.42. The zero-order chi connectivity index (χ0) is 10.6. The highest BCUT2D eigenvalue weighted by molar-refractivity contribution is 7.88. The molecule has 0 aliphatic rings. The van der Waals surface area contributed by atoms with Gasteiger partial charge in [0.1, 0.15) is 0 Å². The van der Waals surface area contributed by atoms with Crippen LogP contribution in [0.5, 0.6) is 0 Å². The van der Waals surface area contributed by atoms with Crippen LogP contribution < -0.4 is 0 Å². The summed E-state index contributed by atoms with van der Waals surface area (Å²) in [5, 5.41) is 0.746. The highest BCUT2D eigenvalue weighted by atomic mass is 32.2. The van der Waals surface area contributed by atoms with Crippen LogP contribution in [-0.2, 0) is 10.1 Å². The van der Waals surface area contributed by atoms with Gasteiger partial charge >= 0.3 is 0 Å². The number of hydrogen-bond donors (Lipinski definition) is 1. The van der Waals surface area contributed by atoms with Crippen molar-refractivity contribution in [2.45, 2.75) is 0 Å². The first kappa shape index (κ1) is 10.7. The van der Waals surface area contributed by atoms with Crippen molar-refractivity contribution in [1.29, 1.82) is 0 Å². The Bertz CT molecular complexity index is 441. The lowest BCUT2D eigenvalue weighted by atomic mass is 10.1. The molecule has 74 valence electrons. The molecule has 0 radical (unpaired) electrons. The fourth-order valence-corrected chi connectivity index (χ4v) is 1.24. The Hall–Kier alpha value is -1.39. The van der Waals surface area contributed by atoms with Crippen LogP contribution in [0, 0.1) is 0 Å². The molecule has 1 aromatic rings. The SMILES string of the molecule is C=Cc1ccc(C=CS(=O)(=O)O)cc1. The predicted octanol–water partition coefficient (Wildman–Crippen LogP) is 2.19. The summed E-state index contributed by atoms with van der Waals surface area (Å²) in [6.45, 7) is 3.59. The highest BCUT2D eigenvalue weighted by Crippen LogP contribution is 2.07. The van der Waals surface area contributed by atoms with E-state index in [1.54, 1.807) is 30.3 Å². The van der Waals surface area contributed by atoms with Crippen LogP contribution in [0.4, 0.5) is 0 Å². The second kappa shape index (κ2) is 4.21. The second-order valence-corrected chi connectivity index (χ2v) is 3.99. The average molecular weight is 210 g/mol. The minimum atomic E-state index is -4.04. The Labute approximate surface area is 83.1 Å². The third-order valence-corrected chi connectivity index (χ3v) is 2.08.